The zero-order valence-electron chi connectivity index (χ0n) is 8.80. The highest BCUT2D eigenvalue weighted by Crippen LogP contribution is 2.08. The molecule has 0 fully saturated rings. The average Bonchev–Trinajstić information content (AvgIpc) is 2.33. The lowest BCUT2D eigenvalue weighted by atomic mass is 10.3. The molecule has 0 spiro atoms. The fourth-order valence-corrected chi connectivity index (χ4v) is 1.39. The number of rotatable bonds is 1. The second-order valence-corrected chi connectivity index (χ2v) is 3.18. The van der Waals surface area contributed by atoms with Gasteiger partial charge in [0.05, 0.1) is 7.11 Å². The Hall–Kier alpha value is -2.24. The number of nitrogens with zero attached hydrogens (tertiary/aromatic N) is 3. The molecular weight excluding hydrogens is 210 g/mol. The number of hydrogen-bond donors (Lipinski definition) is 0. The maximum Gasteiger partial charge on any atom is 0.363 e. The van der Waals surface area contributed by atoms with Gasteiger partial charge in [-0.05, 0) is 6.07 Å². The number of carbonyl (C=O) groups excluding carboxylic acids is 1. The zero-order valence-corrected chi connectivity index (χ0v) is 8.80. The molecule has 0 amide bonds. The molecule has 0 unspecified atom stereocenters. The van der Waals surface area contributed by atoms with E-state index in [4.69, 9.17) is 0 Å². The topological polar surface area (TPSA) is 79.0 Å². The smallest absolute Gasteiger partial charge is 0.363 e. The van der Waals surface area contributed by atoms with Gasteiger partial charge in [-0.2, -0.15) is 4.73 Å². The molecule has 0 N–H and O–H groups in total. The Kier molecular flexibility index (Phi) is 2.40. The molecule has 2 aromatic rings. The quantitative estimate of drug-likeness (QED) is 0.393. The number of esters is 1. The molecule has 2 heterocycles. The number of fused-ring (bicyclic) bond motifs is 1. The van der Waals surface area contributed by atoms with Crippen LogP contribution in [0.15, 0.2) is 18.3 Å². The minimum atomic E-state index is -0.644. The number of ether oxygens (including phenoxy) is 1. The molecule has 0 aliphatic heterocycles. The van der Waals surface area contributed by atoms with Crippen molar-refractivity contribution in [2.75, 3.05) is 7.11 Å². The van der Waals surface area contributed by atoms with Crippen LogP contribution in [-0.2, 0) is 4.74 Å². The molecule has 0 atom stereocenters. The third-order valence-electron chi connectivity index (χ3n) is 2.23. The first-order valence-corrected chi connectivity index (χ1v) is 4.58. The van der Waals surface area contributed by atoms with Crippen LogP contribution in [0.3, 0.4) is 0 Å². The van der Waals surface area contributed by atoms with Crippen LogP contribution in [-0.4, -0.2) is 23.0 Å². The molecule has 0 bridgehead atoms. The van der Waals surface area contributed by atoms with Crippen molar-refractivity contribution >= 4 is 17.1 Å². The Morgan fingerprint density at radius 2 is 2.31 bits per heavy atom. The molecule has 2 aromatic heterocycles. The lowest BCUT2D eigenvalue weighted by molar-refractivity contribution is -0.584. The van der Waals surface area contributed by atoms with Crippen LogP contribution in [0.1, 0.15) is 16.2 Å². The molecule has 0 radical (unpaired) electrons. The molecule has 0 aliphatic rings. The van der Waals surface area contributed by atoms with Gasteiger partial charge >= 0.3 is 5.97 Å². The van der Waals surface area contributed by atoms with E-state index in [9.17, 15) is 10.0 Å². The maximum atomic E-state index is 11.8. The summed E-state index contributed by atoms with van der Waals surface area (Å²) < 4.78 is 5.17. The molecule has 2 rings (SSSR count). The lowest BCUT2D eigenvalue weighted by Crippen LogP contribution is -2.34. The van der Waals surface area contributed by atoms with Crippen molar-refractivity contribution < 1.29 is 14.3 Å². The Morgan fingerprint density at radius 1 is 1.56 bits per heavy atom. The fraction of sp³-hybridized carbons (Fsp3) is 0.200. The number of aromatic nitrogens is 3. The van der Waals surface area contributed by atoms with Crippen LogP contribution in [0, 0.1) is 12.1 Å². The first-order valence-electron chi connectivity index (χ1n) is 4.58. The van der Waals surface area contributed by atoms with Crippen LogP contribution < -0.4 is 4.73 Å². The van der Waals surface area contributed by atoms with Crippen LogP contribution in [0.25, 0.3) is 11.2 Å². The Balaban J connectivity index is 2.78. The predicted octanol–water partition coefficient (Wildman–Crippen LogP) is 0.358. The maximum absolute atomic E-state index is 11.8. The fourth-order valence-electron chi connectivity index (χ4n) is 1.39. The van der Waals surface area contributed by atoms with Crippen molar-refractivity contribution in [1.29, 1.82) is 0 Å². The summed E-state index contributed by atoms with van der Waals surface area (Å²) in [5.41, 5.74) is 0.743. The Bertz CT molecular complexity index is 568. The Morgan fingerprint density at radius 3 is 3.00 bits per heavy atom. The van der Waals surface area contributed by atoms with Crippen molar-refractivity contribution in [3.63, 3.8) is 0 Å². The number of pyridine rings is 1. The molecule has 0 aromatic carbocycles. The van der Waals surface area contributed by atoms with Crippen LogP contribution in [0.2, 0.25) is 0 Å². The molecule has 16 heavy (non-hydrogen) atoms. The summed E-state index contributed by atoms with van der Waals surface area (Å²) in [4.78, 5) is 19.3. The van der Waals surface area contributed by atoms with Crippen molar-refractivity contribution in [2.24, 2.45) is 0 Å². The van der Waals surface area contributed by atoms with Gasteiger partial charge in [-0.25, -0.2) is 14.8 Å². The van der Waals surface area contributed by atoms with Gasteiger partial charge < -0.3 is 9.94 Å². The van der Waals surface area contributed by atoms with Gasteiger partial charge in [0.2, 0.25) is 17.0 Å². The van der Waals surface area contributed by atoms with Crippen LogP contribution in [0.5, 0.6) is 0 Å². The van der Waals surface area contributed by atoms with E-state index >= 15 is 0 Å². The summed E-state index contributed by atoms with van der Waals surface area (Å²) in [7, 11) is 1.24. The van der Waals surface area contributed by atoms with Gasteiger partial charge in [-0.15, -0.1) is 0 Å². The summed E-state index contributed by atoms with van der Waals surface area (Å²) in [6.07, 6.45) is 1.51. The van der Waals surface area contributed by atoms with E-state index < -0.39 is 5.97 Å². The van der Waals surface area contributed by atoms with Crippen LogP contribution in [0.4, 0.5) is 0 Å². The van der Waals surface area contributed by atoms with E-state index in [0.717, 1.165) is 0 Å². The largest absolute Gasteiger partial charge is 0.618 e. The van der Waals surface area contributed by atoms with Gasteiger partial charge in [-0.1, -0.05) is 0 Å². The average molecular weight is 219 g/mol. The number of carbonyl (C=O) groups is 1. The highest BCUT2D eigenvalue weighted by molar-refractivity contribution is 5.89. The lowest BCUT2D eigenvalue weighted by Gasteiger charge is -2.06. The first-order chi connectivity index (χ1) is 7.65. The van der Waals surface area contributed by atoms with Gasteiger partial charge in [0.25, 0.3) is 5.52 Å². The van der Waals surface area contributed by atoms with Crippen LogP contribution >= 0.6 is 0 Å². The summed E-state index contributed by atoms with van der Waals surface area (Å²) in [6, 6.07) is 3.23. The Labute approximate surface area is 91.1 Å². The van der Waals surface area contributed by atoms with Crippen molar-refractivity contribution in [2.45, 2.75) is 6.92 Å². The third kappa shape index (κ3) is 1.44. The second-order valence-electron chi connectivity index (χ2n) is 3.18. The molecule has 6 nitrogen and oxygen atoms in total. The van der Waals surface area contributed by atoms with Crippen molar-refractivity contribution in [3.05, 3.63) is 34.9 Å². The number of hydrogen-bond acceptors (Lipinski definition) is 5. The molecule has 82 valence electrons. The molecule has 6 heteroatoms. The summed E-state index contributed by atoms with van der Waals surface area (Å²) in [5, 5.41) is 11.8. The summed E-state index contributed by atoms with van der Waals surface area (Å²) in [5.74, 6) is -0.644. The van der Waals surface area contributed by atoms with Gasteiger partial charge in [0.1, 0.15) is 0 Å². The third-order valence-corrected chi connectivity index (χ3v) is 2.23. The zero-order chi connectivity index (χ0) is 11.7. The second kappa shape index (κ2) is 3.73. The first kappa shape index (κ1) is 10.3. The van der Waals surface area contributed by atoms with Crippen molar-refractivity contribution in [3.8, 4) is 0 Å². The van der Waals surface area contributed by atoms with E-state index in [2.05, 4.69) is 14.7 Å². The van der Waals surface area contributed by atoms with Crippen molar-refractivity contribution in [1.82, 2.24) is 9.97 Å². The summed E-state index contributed by atoms with van der Waals surface area (Å²) >= 11 is 0. The van der Waals surface area contributed by atoms with E-state index in [1.165, 1.54) is 20.2 Å². The molecule has 0 aliphatic carbocycles. The highest BCUT2D eigenvalue weighted by atomic mass is 16.5. The van der Waals surface area contributed by atoms with E-state index in [0.29, 0.717) is 10.2 Å². The van der Waals surface area contributed by atoms with Gasteiger partial charge in [0, 0.05) is 19.2 Å². The van der Waals surface area contributed by atoms with E-state index in [1.807, 2.05) is 0 Å². The summed E-state index contributed by atoms with van der Waals surface area (Å²) in [6.45, 7) is 1.51. The monoisotopic (exact) mass is 219 g/mol. The minimum Gasteiger partial charge on any atom is -0.618 e. The molecule has 0 saturated carbocycles. The van der Waals surface area contributed by atoms with E-state index in [1.54, 1.807) is 12.1 Å². The SMILES string of the molecule is COC(=O)c1nc2ncccc2[n+]([O-])c1C. The predicted molar refractivity (Wildman–Crippen MR) is 54.6 cm³/mol. The molecule has 0 saturated heterocycles. The van der Waals surface area contributed by atoms with E-state index in [-0.39, 0.29) is 17.0 Å². The minimum absolute atomic E-state index is 0.0105. The van der Waals surface area contributed by atoms with Gasteiger partial charge in [-0.3, -0.25) is 0 Å². The molecular formula is C10H9N3O3. The van der Waals surface area contributed by atoms with Gasteiger partial charge in [0.15, 0.2) is 0 Å². The highest BCUT2D eigenvalue weighted by Gasteiger charge is 2.21. The number of methoxy groups -OCH3 is 1. The normalized spacial score (nSPS) is 10.4. The standard InChI is InChI=1S/C10H9N3O3/c1-6-8(10(14)16-2)12-9-7(13(6)15)4-3-5-11-9/h3-5H,1-2H3.